The van der Waals surface area contributed by atoms with Crippen molar-refractivity contribution in [2.24, 2.45) is 0 Å². The minimum Gasteiger partial charge on any atom is -0.480 e. The third-order valence-corrected chi connectivity index (χ3v) is 1.30. The molecular formula is C8H14N2O6. The zero-order valence-electron chi connectivity index (χ0n) is 8.82. The Labute approximate surface area is 91.9 Å². The predicted octanol–water partition coefficient (Wildman–Crippen LogP) is -1.44. The van der Waals surface area contributed by atoms with Gasteiger partial charge in [0.25, 0.3) is 5.91 Å². The minimum absolute atomic E-state index is 0.269. The van der Waals surface area contributed by atoms with Crippen molar-refractivity contribution in [2.75, 3.05) is 33.5 Å². The van der Waals surface area contributed by atoms with Gasteiger partial charge in [0, 0.05) is 13.7 Å². The number of carboxylic acids is 1. The third-order valence-electron chi connectivity index (χ3n) is 1.30. The van der Waals surface area contributed by atoms with E-state index >= 15 is 0 Å². The highest BCUT2D eigenvalue weighted by Gasteiger charge is 2.07. The first-order valence-electron chi connectivity index (χ1n) is 4.42. The van der Waals surface area contributed by atoms with Crippen LogP contribution in [0.25, 0.3) is 0 Å². The monoisotopic (exact) mass is 234 g/mol. The molecule has 0 aliphatic heterocycles. The van der Waals surface area contributed by atoms with E-state index in [1.807, 2.05) is 5.32 Å². The van der Waals surface area contributed by atoms with E-state index in [4.69, 9.17) is 5.11 Å². The molecule has 16 heavy (non-hydrogen) atoms. The van der Waals surface area contributed by atoms with Crippen LogP contribution >= 0.6 is 0 Å². The van der Waals surface area contributed by atoms with Crippen LogP contribution in [0.2, 0.25) is 0 Å². The summed E-state index contributed by atoms with van der Waals surface area (Å²) in [6.07, 6.45) is 0. The number of urea groups is 1. The number of ether oxygens (including phenoxy) is 2. The number of aliphatic carboxylic acids is 1. The second kappa shape index (κ2) is 8.62. The quantitative estimate of drug-likeness (QED) is 0.465. The van der Waals surface area contributed by atoms with Crippen molar-refractivity contribution < 1.29 is 29.0 Å². The standard InChI is InChI=1S/C8H14N2O6/c1-15-3-2-9-8(14)10-6(11)4-16-5-7(12)13/h2-5H2,1H3,(H,12,13)(H2,9,10,11,14). The highest BCUT2D eigenvalue weighted by molar-refractivity contribution is 5.94. The summed E-state index contributed by atoms with van der Waals surface area (Å²) < 4.78 is 9.14. The summed E-state index contributed by atoms with van der Waals surface area (Å²) >= 11 is 0. The van der Waals surface area contributed by atoms with E-state index in [0.717, 1.165) is 0 Å². The number of hydrogen-bond acceptors (Lipinski definition) is 5. The summed E-state index contributed by atoms with van der Waals surface area (Å²) in [7, 11) is 1.48. The van der Waals surface area contributed by atoms with E-state index in [2.05, 4.69) is 14.8 Å². The van der Waals surface area contributed by atoms with Crippen LogP contribution in [0.5, 0.6) is 0 Å². The van der Waals surface area contributed by atoms with Gasteiger partial charge in [-0.2, -0.15) is 0 Å². The Balaban J connectivity index is 3.54. The summed E-state index contributed by atoms with van der Waals surface area (Å²) in [5.74, 6) is -1.89. The van der Waals surface area contributed by atoms with Gasteiger partial charge in [0.15, 0.2) is 0 Å². The van der Waals surface area contributed by atoms with Crippen LogP contribution in [0.1, 0.15) is 0 Å². The number of methoxy groups -OCH3 is 1. The number of amides is 3. The van der Waals surface area contributed by atoms with Crippen LogP contribution in [0.4, 0.5) is 4.79 Å². The molecule has 0 fully saturated rings. The summed E-state index contributed by atoms with van der Waals surface area (Å²) in [6, 6.07) is -0.680. The molecule has 0 saturated heterocycles. The van der Waals surface area contributed by atoms with Gasteiger partial charge >= 0.3 is 12.0 Å². The van der Waals surface area contributed by atoms with Crippen LogP contribution in [-0.2, 0) is 19.1 Å². The largest absolute Gasteiger partial charge is 0.480 e. The first-order chi connectivity index (χ1) is 7.56. The molecule has 3 N–H and O–H groups in total. The van der Waals surface area contributed by atoms with Gasteiger partial charge in [-0.1, -0.05) is 0 Å². The molecule has 8 heteroatoms. The molecule has 0 heterocycles. The Hall–Kier alpha value is -1.67. The van der Waals surface area contributed by atoms with Gasteiger partial charge < -0.3 is 19.9 Å². The number of carbonyl (C=O) groups excluding carboxylic acids is 2. The second-order valence-electron chi connectivity index (χ2n) is 2.68. The summed E-state index contributed by atoms with van der Waals surface area (Å²) in [4.78, 5) is 31.9. The molecule has 0 saturated carbocycles. The van der Waals surface area contributed by atoms with Crippen molar-refractivity contribution in [2.45, 2.75) is 0 Å². The van der Waals surface area contributed by atoms with Crippen LogP contribution in [-0.4, -0.2) is 56.5 Å². The SMILES string of the molecule is COCCNC(=O)NC(=O)COCC(=O)O. The Morgan fingerprint density at radius 1 is 1.25 bits per heavy atom. The van der Waals surface area contributed by atoms with Crippen molar-refractivity contribution in [3.05, 3.63) is 0 Å². The molecule has 8 nitrogen and oxygen atoms in total. The number of nitrogens with one attached hydrogen (secondary N) is 2. The van der Waals surface area contributed by atoms with E-state index < -0.39 is 31.1 Å². The first kappa shape index (κ1) is 14.3. The van der Waals surface area contributed by atoms with Gasteiger partial charge in [-0.05, 0) is 0 Å². The lowest BCUT2D eigenvalue weighted by atomic mass is 10.6. The molecule has 0 spiro atoms. The first-order valence-corrected chi connectivity index (χ1v) is 4.42. The van der Waals surface area contributed by atoms with Gasteiger partial charge in [0.05, 0.1) is 6.61 Å². The number of hydrogen-bond donors (Lipinski definition) is 3. The highest BCUT2D eigenvalue weighted by Crippen LogP contribution is 1.76. The second-order valence-corrected chi connectivity index (χ2v) is 2.68. The minimum atomic E-state index is -1.18. The third kappa shape index (κ3) is 8.91. The van der Waals surface area contributed by atoms with Gasteiger partial charge in [0.2, 0.25) is 0 Å². The lowest BCUT2D eigenvalue weighted by Gasteiger charge is -2.05. The van der Waals surface area contributed by atoms with Crippen LogP contribution in [0.15, 0.2) is 0 Å². The molecule has 92 valence electrons. The maximum Gasteiger partial charge on any atom is 0.329 e. The fourth-order valence-electron chi connectivity index (χ4n) is 0.705. The zero-order chi connectivity index (χ0) is 12.4. The van der Waals surface area contributed by atoms with Crippen molar-refractivity contribution in [3.8, 4) is 0 Å². The van der Waals surface area contributed by atoms with Gasteiger partial charge in [0.1, 0.15) is 13.2 Å². The number of rotatable bonds is 7. The van der Waals surface area contributed by atoms with Gasteiger partial charge in [-0.15, -0.1) is 0 Å². The molecule has 0 aromatic rings. The smallest absolute Gasteiger partial charge is 0.329 e. The molecular weight excluding hydrogens is 220 g/mol. The Bertz CT molecular complexity index is 255. The molecule has 0 aliphatic carbocycles. The van der Waals surface area contributed by atoms with Crippen LogP contribution in [0.3, 0.4) is 0 Å². The van der Waals surface area contributed by atoms with Crippen molar-refractivity contribution in [3.63, 3.8) is 0 Å². The number of carboxylic acid groups (broad SMARTS) is 1. The van der Waals surface area contributed by atoms with Gasteiger partial charge in [-0.25, -0.2) is 9.59 Å². The maximum absolute atomic E-state index is 11.0. The average molecular weight is 234 g/mol. The van der Waals surface area contributed by atoms with Crippen molar-refractivity contribution >= 4 is 17.9 Å². The van der Waals surface area contributed by atoms with E-state index in [1.165, 1.54) is 7.11 Å². The molecule has 0 rings (SSSR count). The Morgan fingerprint density at radius 2 is 1.94 bits per heavy atom. The van der Waals surface area contributed by atoms with E-state index in [9.17, 15) is 14.4 Å². The molecule has 0 unspecified atom stereocenters. The molecule has 0 aromatic heterocycles. The molecule has 0 radical (unpaired) electrons. The molecule has 0 atom stereocenters. The fourth-order valence-corrected chi connectivity index (χ4v) is 0.705. The fraction of sp³-hybridized carbons (Fsp3) is 0.625. The maximum atomic E-state index is 11.0. The Kier molecular flexibility index (Phi) is 7.72. The molecule has 0 bridgehead atoms. The van der Waals surface area contributed by atoms with E-state index in [0.29, 0.717) is 6.61 Å². The molecule has 0 aromatic carbocycles. The van der Waals surface area contributed by atoms with E-state index in [-0.39, 0.29) is 6.54 Å². The molecule has 3 amide bonds. The predicted molar refractivity (Wildman–Crippen MR) is 51.9 cm³/mol. The average Bonchev–Trinajstić information content (AvgIpc) is 2.17. The molecule has 0 aliphatic rings. The topological polar surface area (TPSA) is 114 Å². The zero-order valence-corrected chi connectivity index (χ0v) is 8.82. The lowest BCUT2D eigenvalue weighted by molar-refractivity contribution is -0.143. The van der Waals surface area contributed by atoms with Gasteiger partial charge in [-0.3, -0.25) is 10.1 Å². The normalized spacial score (nSPS) is 9.56. The highest BCUT2D eigenvalue weighted by atomic mass is 16.5. The van der Waals surface area contributed by atoms with Crippen molar-refractivity contribution in [1.82, 2.24) is 10.6 Å². The van der Waals surface area contributed by atoms with Crippen LogP contribution in [0, 0.1) is 0 Å². The summed E-state index contributed by atoms with van der Waals surface area (Å²) in [5, 5.41) is 12.5. The van der Waals surface area contributed by atoms with E-state index in [1.54, 1.807) is 0 Å². The Morgan fingerprint density at radius 3 is 2.50 bits per heavy atom. The number of carbonyl (C=O) groups is 3. The number of imide groups is 1. The lowest BCUT2D eigenvalue weighted by Crippen LogP contribution is -2.42. The van der Waals surface area contributed by atoms with Crippen LogP contribution < -0.4 is 10.6 Å². The summed E-state index contributed by atoms with van der Waals surface area (Å²) in [5.41, 5.74) is 0. The summed E-state index contributed by atoms with van der Waals surface area (Å²) in [6.45, 7) is -0.467. The van der Waals surface area contributed by atoms with Crippen molar-refractivity contribution in [1.29, 1.82) is 0 Å².